The average molecular weight is 301 g/mol. The van der Waals surface area contributed by atoms with Crippen molar-refractivity contribution in [2.24, 2.45) is 0 Å². The Morgan fingerprint density at radius 1 is 0.762 bits per heavy atom. The number of benzene rings is 2. The normalized spacial score (nSPS) is 15.0. The van der Waals surface area contributed by atoms with Crippen molar-refractivity contribution in [3.05, 3.63) is 81.2 Å². The van der Waals surface area contributed by atoms with Crippen molar-refractivity contribution in [2.75, 3.05) is 0 Å². The molecule has 2 aromatic carbocycles. The molecule has 0 aromatic heterocycles. The van der Waals surface area contributed by atoms with Crippen LogP contribution in [0.4, 0.5) is 0 Å². The van der Waals surface area contributed by atoms with Crippen molar-refractivity contribution >= 4 is 28.8 Å². The standard InChI is InChI=1S/C15H9ClN2O3/c16-12-8-6-11(7-9-12)14-15(19)13(17(20)18(14)21)10-4-2-1-3-5-10/h1-9H. The SMILES string of the molecule is O=C1C(c2ccccc2)=[N+]([O-])[N+]([O-])=C1c1ccc(Cl)cc1. The van der Waals surface area contributed by atoms with Gasteiger partial charge in [-0.15, -0.1) is 0 Å². The van der Waals surface area contributed by atoms with Gasteiger partial charge in [0.15, 0.2) is 0 Å². The van der Waals surface area contributed by atoms with E-state index in [1.807, 2.05) is 0 Å². The van der Waals surface area contributed by atoms with Crippen molar-refractivity contribution < 1.29 is 14.5 Å². The van der Waals surface area contributed by atoms with E-state index in [4.69, 9.17) is 11.6 Å². The number of hydrazone groups is 2. The van der Waals surface area contributed by atoms with E-state index >= 15 is 0 Å². The van der Waals surface area contributed by atoms with Crippen LogP contribution in [0.25, 0.3) is 0 Å². The molecule has 0 N–H and O–H groups in total. The maximum Gasteiger partial charge on any atom is 0.349 e. The first-order valence-corrected chi connectivity index (χ1v) is 6.52. The third-order valence-electron chi connectivity index (χ3n) is 3.14. The molecule has 0 amide bonds. The average Bonchev–Trinajstić information content (AvgIpc) is 2.72. The van der Waals surface area contributed by atoms with E-state index in [0.717, 1.165) is 0 Å². The zero-order valence-electron chi connectivity index (χ0n) is 10.7. The molecule has 0 unspecified atom stereocenters. The third kappa shape index (κ3) is 2.17. The molecule has 0 radical (unpaired) electrons. The maximum atomic E-state index is 12.4. The summed E-state index contributed by atoms with van der Waals surface area (Å²) < 4.78 is 0. The van der Waals surface area contributed by atoms with Crippen LogP contribution >= 0.6 is 11.6 Å². The molecule has 104 valence electrons. The molecule has 0 bridgehead atoms. The number of hydrazine groups is 1. The lowest BCUT2D eigenvalue weighted by atomic mass is 10.00. The number of hydrogen-bond donors (Lipinski definition) is 0. The summed E-state index contributed by atoms with van der Waals surface area (Å²) in [6, 6.07) is 14.5. The Balaban J connectivity index is 2.08. The first-order valence-electron chi connectivity index (χ1n) is 6.14. The lowest BCUT2D eigenvalue weighted by molar-refractivity contribution is -1.05. The summed E-state index contributed by atoms with van der Waals surface area (Å²) in [5.74, 6) is -0.603. The van der Waals surface area contributed by atoms with Gasteiger partial charge in [0.1, 0.15) is 0 Å². The van der Waals surface area contributed by atoms with Crippen LogP contribution in [0.2, 0.25) is 5.02 Å². The largest absolute Gasteiger partial charge is 0.561 e. The van der Waals surface area contributed by atoms with Gasteiger partial charge >= 0.3 is 17.2 Å². The Bertz CT molecular complexity index is 780. The van der Waals surface area contributed by atoms with Crippen molar-refractivity contribution in [2.45, 2.75) is 0 Å². The van der Waals surface area contributed by atoms with Crippen LogP contribution in [0, 0.1) is 10.4 Å². The summed E-state index contributed by atoms with van der Waals surface area (Å²) in [6.45, 7) is 0. The summed E-state index contributed by atoms with van der Waals surface area (Å²) in [6.07, 6.45) is 0. The van der Waals surface area contributed by atoms with Crippen LogP contribution < -0.4 is 0 Å². The Morgan fingerprint density at radius 2 is 1.24 bits per heavy atom. The van der Waals surface area contributed by atoms with E-state index < -0.39 is 5.78 Å². The monoisotopic (exact) mass is 300 g/mol. The van der Waals surface area contributed by atoms with Gasteiger partial charge < -0.3 is 10.4 Å². The minimum absolute atomic E-state index is 0.0634. The highest BCUT2D eigenvalue weighted by Crippen LogP contribution is 2.15. The van der Waals surface area contributed by atoms with Gasteiger partial charge in [-0.25, -0.2) is 0 Å². The number of rotatable bonds is 2. The van der Waals surface area contributed by atoms with Crippen LogP contribution in [0.15, 0.2) is 54.6 Å². The molecule has 1 heterocycles. The number of nitrogens with zero attached hydrogens (tertiary/aromatic N) is 2. The first-order chi connectivity index (χ1) is 10.1. The number of halogens is 1. The van der Waals surface area contributed by atoms with Crippen LogP contribution in [-0.4, -0.2) is 26.9 Å². The van der Waals surface area contributed by atoms with Crippen molar-refractivity contribution in [1.82, 2.24) is 0 Å². The molecular formula is C15H9ClN2O3. The number of carbonyl (C=O) groups is 1. The van der Waals surface area contributed by atoms with E-state index in [0.29, 0.717) is 16.1 Å². The Morgan fingerprint density at radius 3 is 1.76 bits per heavy atom. The van der Waals surface area contributed by atoms with Gasteiger partial charge in [0.25, 0.3) is 0 Å². The van der Waals surface area contributed by atoms with Crippen molar-refractivity contribution in [3.63, 3.8) is 0 Å². The molecule has 0 aliphatic carbocycles. The van der Waals surface area contributed by atoms with Crippen LogP contribution in [0.5, 0.6) is 0 Å². The van der Waals surface area contributed by atoms with Gasteiger partial charge in [-0.05, 0) is 36.4 Å². The van der Waals surface area contributed by atoms with Gasteiger partial charge in [0.05, 0.1) is 20.8 Å². The van der Waals surface area contributed by atoms with Gasteiger partial charge in [-0.2, -0.15) is 0 Å². The van der Waals surface area contributed by atoms with Crippen LogP contribution in [-0.2, 0) is 4.79 Å². The smallest absolute Gasteiger partial charge is 0.349 e. The summed E-state index contributed by atoms with van der Waals surface area (Å²) in [4.78, 5) is 12.6. The number of Topliss-reactive ketones (excluding diaryl/α,β-unsaturated/α-hetero) is 1. The summed E-state index contributed by atoms with van der Waals surface area (Å²) >= 11 is 5.78. The minimum Gasteiger partial charge on any atom is -0.561 e. The first kappa shape index (κ1) is 13.3. The molecule has 0 fully saturated rings. The molecule has 0 saturated heterocycles. The zero-order chi connectivity index (χ0) is 15.0. The second kappa shape index (κ2) is 5.03. The molecule has 1 aliphatic heterocycles. The topological polar surface area (TPSA) is 69.2 Å². The predicted octanol–water partition coefficient (Wildman–Crippen LogP) is 2.14. The van der Waals surface area contributed by atoms with Gasteiger partial charge in [0.2, 0.25) is 0 Å². The molecule has 1 aliphatic rings. The minimum atomic E-state index is -0.603. The Kier molecular flexibility index (Phi) is 3.19. The summed E-state index contributed by atoms with van der Waals surface area (Å²) in [5.41, 5.74) is 0.365. The van der Waals surface area contributed by atoms with E-state index in [1.165, 1.54) is 12.1 Å². The zero-order valence-corrected chi connectivity index (χ0v) is 11.4. The fourth-order valence-electron chi connectivity index (χ4n) is 2.15. The molecule has 6 heteroatoms. The molecule has 0 spiro atoms. The Labute approximate surface area is 125 Å². The molecule has 5 nitrogen and oxygen atoms in total. The Hall–Kier alpha value is -2.66. The fraction of sp³-hybridized carbons (Fsp3) is 0. The van der Waals surface area contributed by atoms with E-state index in [1.54, 1.807) is 42.5 Å². The predicted molar refractivity (Wildman–Crippen MR) is 78.4 cm³/mol. The molecule has 2 aromatic rings. The second-order valence-corrected chi connectivity index (χ2v) is 4.88. The molecular weight excluding hydrogens is 292 g/mol. The maximum absolute atomic E-state index is 12.4. The lowest BCUT2D eigenvalue weighted by Crippen LogP contribution is -2.23. The molecule has 0 saturated carbocycles. The van der Waals surface area contributed by atoms with Crippen LogP contribution in [0.1, 0.15) is 11.1 Å². The van der Waals surface area contributed by atoms with Crippen molar-refractivity contribution in [3.8, 4) is 0 Å². The fourth-order valence-corrected chi connectivity index (χ4v) is 2.28. The van der Waals surface area contributed by atoms with Gasteiger partial charge in [-0.1, -0.05) is 29.8 Å². The summed E-state index contributed by atoms with van der Waals surface area (Å²) in [7, 11) is 0. The van der Waals surface area contributed by atoms with Crippen molar-refractivity contribution in [1.29, 1.82) is 0 Å². The molecule has 0 atom stereocenters. The van der Waals surface area contributed by atoms with Gasteiger partial charge in [0, 0.05) is 5.02 Å². The van der Waals surface area contributed by atoms with Crippen LogP contribution in [0.3, 0.4) is 0 Å². The van der Waals surface area contributed by atoms with Gasteiger partial charge in [-0.3, -0.25) is 4.79 Å². The molecule has 21 heavy (non-hydrogen) atoms. The highest BCUT2D eigenvalue weighted by molar-refractivity contribution is 6.70. The lowest BCUT2D eigenvalue weighted by Gasteiger charge is -1.98. The van der Waals surface area contributed by atoms with E-state index in [-0.39, 0.29) is 21.1 Å². The highest BCUT2D eigenvalue weighted by Gasteiger charge is 2.45. The third-order valence-corrected chi connectivity index (χ3v) is 3.39. The second-order valence-electron chi connectivity index (χ2n) is 4.45. The quantitative estimate of drug-likeness (QED) is 0.630. The number of ketones is 1. The number of carbonyl (C=O) groups excluding carboxylic acids is 1. The van der Waals surface area contributed by atoms with E-state index in [9.17, 15) is 15.2 Å². The van der Waals surface area contributed by atoms with E-state index in [2.05, 4.69) is 0 Å². The number of hydrogen-bond acceptors (Lipinski definition) is 3. The molecule has 3 rings (SSSR count). The highest BCUT2D eigenvalue weighted by atomic mass is 35.5. The summed E-state index contributed by atoms with van der Waals surface area (Å²) in [5, 5.41) is 24.5.